The van der Waals surface area contributed by atoms with Crippen molar-refractivity contribution in [2.45, 2.75) is 96.3 Å². The minimum absolute atomic E-state index is 0.0779. The smallest absolute Gasteiger partial charge is 0.304 e. The van der Waals surface area contributed by atoms with Gasteiger partial charge in [-0.15, -0.1) is 0 Å². The Kier molecular flexibility index (Phi) is 23.3. The molecule has 2 atom stereocenters. The Balaban J connectivity index is 0.000000388. The molecule has 4 rings (SSSR count). The molecule has 61 heavy (non-hydrogen) atoms. The first-order valence-corrected chi connectivity index (χ1v) is 22.5. The fourth-order valence-electron chi connectivity index (χ4n) is 7.15. The quantitative estimate of drug-likeness (QED) is 0.0826. The van der Waals surface area contributed by atoms with Crippen molar-refractivity contribution < 1.29 is 24.5 Å². The van der Waals surface area contributed by atoms with E-state index in [1.807, 2.05) is 36.4 Å². The number of carbonyl (C=O) groups excluding carboxylic acids is 1. The van der Waals surface area contributed by atoms with Crippen LogP contribution in [-0.4, -0.2) is 108 Å². The standard InChI is InChI=1S/C29H45N3O.C19H22O2.C5H14N2/c1-29(2,3)26-17-15-25(16-18-26)27(24-13-9-8-10-14-24)23-28(33)32(21-11-19-30(4)5)22-12-20-31(6)7;1-19(2,3)16-11-9-15(10-12-16)17(13-18(20)21)14-7-5-4-6-8-14;1-7(2)5-3-4-6/h8-10,13-18,27H,11-12,19-23H2,1-7H3;4-12,17H,13H2,1-3H3,(H,20,21);3-6H2,1-2H3/p+2. The summed E-state index contributed by atoms with van der Waals surface area (Å²) >= 11 is 0. The van der Waals surface area contributed by atoms with Gasteiger partial charge in [-0.1, -0.05) is 151 Å². The number of nitrogens with one attached hydrogen (secondary N) is 2. The molecule has 0 aliphatic heterocycles. The van der Waals surface area contributed by atoms with E-state index >= 15 is 0 Å². The van der Waals surface area contributed by atoms with E-state index in [9.17, 15) is 14.7 Å². The van der Waals surface area contributed by atoms with Crippen molar-refractivity contribution in [1.29, 1.82) is 0 Å². The second-order valence-corrected chi connectivity index (χ2v) is 19.4. The Hall–Kier alpha value is -4.34. The summed E-state index contributed by atoms with van der Waals surface area (Å²) in [5.74, 6) is -0.526. The molecular weight excluding hydrogens is 755 g/mol. The van der Waals surface area contributed by atoms with Crippen LogP contribution in [0.3, 0.4) is 0 Å². The molecule has 0 radical (unpaired) electrons. The lowest BCUT2D eigenvalue weighted by Gasteiger charge is -2.27. The van der Waals surface area contributed by atoms with Crippen LogP contribution in [-0.2, 0) is 20.4 Å². The number of carbonyl (C=O) groups is 2. The van der Waals surface area contributed by atoms with E-state index in [2.05, 4.69) is 166 Å². The maximum atomic E-state index is 13.6. The Morgan fingerprint density at radius 2 is 0.918 bits per heavy atom. The molecule has 4 aromatic rings. The number of nitrogens with zero attached hydrogens (tertiary/aromatic N) is 2. The van der Waals surface area contributed by atoms with E-state index in [-0.39, 0.29) is 35.0 Å². The molecule has 0 aliphatic carbocycles. The van der Waals surface area contributed by atoms with Gasteiger partial charge < -0.3 is 30.4 Å². The Bertz CT molecular complexity index is 1760. The first-order chi connectivity index (χ1) is 28.7. The van der Waals surface area contributed by atoms with Gasteiger partial charge in [0.2, 0.25) is 5.91 Å². The molecule has 0 bridgehead atoms. The van der Waals surface area contributed by atoms with E-state index in [0.29, 0.717) is 6.42 Å². The van der Waals surface area contributed by atoms with E-state index in [1.54, 1.807) is 0 Å². The summed E-state index contributed by atoms with van der Waals surface area (Å²) in [6.07, 6.45) is 3.81. The van der Waals surface area contributed by atoms with Gasteiger partial charge in [-0.2, -0.15) is 0 Å². The summed E-state index contributed by atoms with van der Waals surface area (Å²) in [4.78, 5) is 31.9. The third-order valence-electron chi connectivity index (χ3n) is 10.9. The third kappa shape index (κ3) is 20.9. The highest BCUT2D eigenvalue weighted by molar-refractivity contribution is 5.78. The number of amides is 1. The van der Waals surface area contributed by atoms with Gasteiger partial charge in [0, 0.05) is 44.2 Å². The summed E-state index contributed by atoms with van der Waals surface area (Å²) in [6.45, 7) is 19.0. The third-order valence-corrected chi connectivity index (χ3v) is 10.9. The molecule has 4 aromatic carbocycles. The van der Waals surface area contributed by atoms with Crippen LogP contribution in [0.15, 0.2) is 109 Å². The second kappa shape index (κ2) is 26.9. The molecule has 336 valence electrons. The SMILES string of the molecule is CC(C)(C)c1ccc(C(CC(=O)O)c2ccccc2)cc1.CN(C)CCCN.C[NH+](C)CCCN(CCC[NH+](C)C)C(=O)CC(c1ccccc1)c1ccc(C(C)(C)C)cc1. The van der Waals surface area contributed by atoms with Crippen LogP contribution in [0.2, 0.25) is 0 Å². The number of rotatable bonds is 19. The monoisotopic (exact) mass is 838 g/mol. The highest BCUT2D eigenvalue weighted by Crippen LogP contribution is 2.32. The zero-order valence-electron chi connectivity index (χ0n) is 40.1. The summed E-state index contributed by atoms with van der Waals surface area (Å²) in [6, 6.07) is 37.6. The van der Waals surface area contributed by atoms with Crippen molar-refractivity contribution in [3.63, 3.8) is 0 Å². The first-order valence-electron chi connectivity index (χ1n) is 22.5. The fourth-order valence-corrected chi connectivity index (χ4v) is 7.15. The summed E-state index contributed by atoms with van der Waals surface area (Å²) in [5.41, 5.74) is 12.6. The molecule has 0 heterocycles. The Morgan fingerprint density at radius 1 is 0.557 bits per heavy atom. The number of quaternary nitrogens is 2. The van der Waals surface area contributed by atoms with E-state index in [4.69, 9.17) is 5.73 Å². The van der Waals surface area contributed by atoms with Gasteiger partial charge in [0.05, 0.1) is 47.7 Å². The lowest BCUT2D eigenvalue weighted by atomic mass is 9.83. The first kappa shape index (κ1) is 52.8. The second-order valence-electron chi connectivity index (χ2n) is 19.4. The van der Waals surface area contributed by atoms with Gasteiger partial charge in [0.15, 0.2) is 0 Å². The molecule has 0 fully saturated rings. The predicted molar refractivity (Wildman–Crippen MR) is 257 cm³/mol. The van der Waals surface area contributed by atoms with Gasteiger partial charge in [-0.3, -0.25) is 9.59 Å². The normalized spacial score (nSPS) is 12.6. The number of hydrogen-bond donors (Lipinski definition) is 4. The van der Waals surface area contributed by atoms with E-state index in [1.165, 1.54) is 32.1 Å². The van der Waals surface area contributed by atoms with Crippen LogP contribution >= 0.6 is 0 Å². The number of benzene rings is 4. The number of carboxylic acids is 1. The molecular formula is C53H83N5O3+2. The van der Waals surface area contributed by atoms with Crippen LogP contribution in [0.25, 0.3) is 0 Å². The van der Waals surface area contributed by atoms with Gasteiger partial charge in [-0.05, 0) is 77.8 Å². The molecule has 8 nitrogen and oxygen atoms in total. The van der Waals surface area contributed by atoms with Gasteiger partial charge in [0.1, 0.15) is 0 Å². The summed E-state index contributed by atoms with van der Waals surface area (Å²) in [7, 11) is 12.8. The predicted octanol–water partition coefficient (Wildman–Crippen LogP) is 6.89. The topological polar surface area (TPSA) is 95.8 Å². The van der Waals surface area contributed by atoms with Crippen molar-refractivity contribution in [2.75, 3.05) is 81.6 Å². The molecule has 0 spiro atoms. The lowest BCUT2D eigenvalue weighted by molar-refractivity contribution is -0.858. The number of nitrogens with two attached hydrogens (primary N) is 1. The maximum absolute atomic E-state index is 13.6. The highest BCUT2D eigenvalue weighted by Gasteiger charge is 2.24. The summed E-state index contributed by atoms with van der Waals surface area (Å²) < 4.78 is 0. The van der Waals surface area contributed by atoms with Crippen molar-refractivity contribution in [3.8, 4) is 0 Å². The lowest BCUT2D eigenvalue weighted by Crippen LogP contribution is -3.05. The Labute approximate surface area is 371 Å². The number of hydrogen-bond acceptors (Lipinski definition) is 4. The average molecular weight is 838 g/mol. The largest absolute Gasteiger partial charge is 0.481 e. The molecule has 5 N–H and O–H groups in total. The van der Waals surface area contributed by atoms with Crippen LogP contribution in [0, 0.1) is 0 Å². The number of aliphatic carboxylic acids is 1. The zero-order valence-corrected chi connectivity index (χ0v) is 40.1. The van der Waals surface area contributed by atoms with E-state index in [0.717, 1.165) is 69.7 Å². The van der Waals surface area contributed by atoms with Gasteiger partial charge >= 0.3 is 5.97 Å². The molecule has 0 aliphatic rings. The Morgan fingerprint density at radius 3 is 1.21 bits per heavy atom. The van der Waals surface area contributed by atoms with Crippen molar-refractivity contribution in [3.05, 3.63) is 143 Å². The van der Waals surface area contributed by atoms with Crippen molar-refractivity contribution >= 4 is 11.9 Å². The molecule has 0 aromatic heterocycles. The van der Waals surface area contributed by atoms with E-state index < -0.39 is 5.97 Å². The average Bonchev–Trinajstić information content (AvgIpc) is 3.21. The van der Waals surface area contributed by atoms with Crippen molar-refractivity contribution in [1.82, 2.24) is 9.80 Å². The minimum atomic E-state index is -0.774. The van der Waals surface area contributed by atoms with Crippen molar-refractivity contribution in [2.24, 2.45) is 5.73 Å². The van der Waals surface area contributed by atoms with Crippen LogP contribution in [0.1, 0.15) is 119 Å². The van der Waals surface area contributed by atoms with Gasteiger partial charge in [0.25, 0.3) is 0 Å². The van der Waals surface area contributed by atoms with Crippen LogP contribution in [0.4, 0.5) is 0 Å². The molecule has 2 unspecified atom stereocenters. The zero-order chi connectivity index (χ0) is 45.6. The van der Waals surface area contributed by atoms with Crippen LogP contribution in [0.5, 0.6) is 0 Å². The maximum Gasteiger partial charge on any atom is 0.304 e. The summed E-state index contributed by atoms with van der Waals surface area (Å²) in [5, 5.41) is 9.19. The molecule has 0 saturated carbocycles. The molecule has 0 saturated heterocycles. The van der Waals surface area contributed by atoms with Gasteiger partial charge in [-0.25, -0.2) is 0 Å². The fraction of sp³-hybridized carbons (Fsp3) is 0.509. The molecule has 8 heteroatoms. The number of carboxylic acid groups (broad SMARTS) is 1. The highest BCUT2D eigenvalue weighted by atomic mass is 16.4. The minimum Gasteiger partial charge on any atom is -0.481 e. The molecule has 1 amide bonds. The van der Waals surface area contributed by atoms with Crippen LogP contribution < -0.4 is 15.5 Å².